The number of rotatable bonds is 4. The van der Waals surface area contributed by atoms with Crippen LogP contribution in [0.3, 0.4) is 0 Å². The van der Waals surface area contributed by atoms with E-state index >= 15 is 8.78 Å². The Morgan fingerprint density at radius 3 is 2.44 bits per heavy atom. The fourth-order valence-corrected chi connectivity index (χ4v) is 6.26. The van der Waals surface area contributed by atoms with Gasteiger partial charge in [0.15, 0.2) is 11.6 Å². The summed E-state index contributed by atoms with van der Waals surface area (Å²) in [5, 5.41) is 16.5. The van der Waals surface area contributed by atoms with E-state index in [1.54, 1.807) is 31.1 Å². The highest BCUT2D eigenvalue weighted by Gasteiger charge is 2.39. The van der Waals surface area contributed by atoms with Crippen molar-refractivity contribution in [3.05, 3.63) is 95.3 Å². The van der Waals surface area contributed by atoms with Gasteiger partial charge in [0.2, 0.25) is 5.78 Å². The molecule has 4 aromatic heterocycles. The molecule has 0 saturated heterocycles. The van der Waals surface area contributed by atoms with Gasteiger partial charge in [-0.2, -0.15) is 28.6 Å². The Morgan fingerprint density at radius 1 is 1.06 bits per heavy atom. The van der Waals surface area contributed by atoms with Gasteiger partial charge >= 0.3 is 12.2 Å². The van der Waals surface area contributed by atoms with Gasteiger partial charge in [-0.25, -0.2) is 18.6 Å². The molecule has 0 fully saturated rings. The van der Waals surface area contributed by atoms with Gasteiger partial charge in [-0.05, 0) is 42.3 Å². The van der Waals surface area contributed by atoms with Gasteiger partial charge in [-0.1, -0.05) is 10.9 Å². The summed E-state index contributed by atoms with van der Waals surface area (Å²) in [5.41, 5.74) is -0.264. The molecule has 2 aromatic carbocycles. The molecule has 5 heterocycles. The minimum Gasteiger partial charge on any atom is -0.372 e. The Hall–Kier alpha value is -6.11. The Bertz CT molecular complexity index is 2310. The number of hydrogen-bond donors (Lipinski definition) is 0. The first kappa shape index (κ1) is 30.5. The standard InChI is InChI=1S/C32H22F5N9O2/c1-42-10-5-17-14-24(30(47)18-12-21(33)28(22(34)13-18)45(11-6-38)31(48)46-40-7-8-41-46)44-9-3-4-19(27(17)44)25-20(32(35,36)37)15-23-26(29(25)42)39-16-43(23)2/h3-4,7-9,12-16H,5,10-11H2,1-2H3. The number of pyridine rings is 1. The van der Waals surface area contributed by atoms with Crippen molar-refractivity contribution in [2.75, 3.05) is 29.9 Å². The lowest BCUT2D eigenvalue weighted by atomic mass is 9.92. The highest BCUT2D eigenvalue weighted by Crippen LogP contribution is 2.48. The first-order valence-corrected chi connectivity index (χ1v) is 14.4. The summed E-state index contributed by atoms with van der Waals surface area (Å²) < 4.78 is 78.2. The van der Waals surface area contributed by atoms with E-state index in [9.17, 15) is 28.0 Å². The molecular weight excluding hydrogens is 637 g/mol. The van der Waals surface area contributed by atoms with Crippen LogP contribution in [0.5, 0.6) is 0 Å². The van der Waals surface area contributed by atoms with Crippen molar-refractivity contribution in [1.82, 2.24) is 28.9 Å². The number of halogens is 5. The lowest BCUT2D eigenvalue weighted by Gasteiger charge is -2.28. The van der Waals surface area contributed by atoms with Crippen molar-refractivity contribution >= 4 is 39.7 Å². The maximum Gasteiger partial charge on any atom is 0.417 e. The van der Waals surface area contributed by atoms with E-state index in [2.05, 4.69) is 15.2 Å². The van der Waals surface area contributed by atoms with E-state index in [-0.39, 0.29) is 29.1 Å². The normalized spacial score (nSPS) is 12.9. The number of carbonyl (C=O) groups is 2. The average molecular weight is 660 g/mol. The molecule has 0 spiro atoms. The van der Waals surface area contributed by atoms with E-state index in [0.717, 1.165) is 18.2 Å². The van der Waals surface area contributed by atoms with Crippen LogP contribution in [0.25, 0.3) is 27.7 Å². The van der Waals surface area contributed by atoms with Gasteiger partial charge in [-0.3, -0.25) is 9.69 Å². The minimum atomic E-state index is -4.74. The molecule has 16 heteroatoms. The molecule has 0 aliphatic carbocycles. The summed E-state index contributed by atoms with van der Waals surface area (Å²) in [7, 11) is 3.29. The zero-order valence-corrected chi connectivity index (χ0v) is 25.1. The lowest BCUT2D eigenvalue weighted by molar-refractivity contribution is -0.137. The summed E-state index contributed by atoms with van der Waals surface area (Å²) >= 11 is 0. The van der Waals surface area contributed by atoms with Crippen LogP contribution >= 0.6 is 0 Å². The molecule has 6 aromatic rings. The number of hydrogen-bond acceptors (Lipinski definition) is 7. The third-order valence-corrected chi connectivity index (χ3v) is 8.37. The van der Waals surface area contributed by atoms with E-state index in [1.807, 2.05) is 0 Å². The summed E-state index contributed by atoms with van der Waals surface area (Å²) in [6.07, 6.45) is 0.858. The second-order valence-corrected chi connectivity index (χ2v) is 11.2. The number of likely N-dealkylation sites (N-methyl/N-ethyl adjacent to an activating group) is 1. The van der Waals surface area contributed by atoms with Crippen LogP contribution in [-0.2, 0) is 19.6 Å². The molecule has 0 bridgehead atoms. The molecule has 48 heavy (non-hydrogen) atoms. The predicted octanol–water partition coefficient (Wildman–Crippen LogP) is 5.60. The smallest absolute Gasteiger partial charge is 0.372 e. The average Bonchev–Trinajstić information content (AvgIpc) is 3.80. The van der Waals surface area contributed by atoms with Crippen LogP contribution in [0, 0.1) is 23.0 Å². The number of benzene rings is 2. The minimum absolute atomic E-state index is 0.0438. The van der Waals surface area contributed by atoms with Gasteiger partial charge < -0.3 is 13.9 Å². The van der Waals surface area contributed by atoms with Gasteiger partial charge in [0.05, 0.1) is 52.8 Å². The number of aryl methyl sites for hydroxylation is 1. The van der Waals surface area contributed by atoms with Crippen LogP contribution < -0.4 is 9.80 Å². The van der Waals surface area contributed by atoms with Gasteiger partial charge in [0.25, 0.3) is 0 Å². The number of carbonyl (C=O) groups excluding carboxylic acids is 2. The third kappa shape index (κ3) is 4.65. The molecule has 1 amide bonds. The maximum absolute atomic E-state index is 15.6. The SMILES string of the molecule is CN1CCc2cc(C(=O)c3cc(F)c(N(CC#N)C(=O)n4nccn4)c(F)c3)n3cccc(c23)-c2c(C(F)(F)F)cc3c(ncn3C)c21. The van der Waals surface area contributed by atoms with Crippen molar-refractivity contribution in [2.45, 2.75) is 12.6 Å². The van der Waals surface area contributed by atoms with Crippen molar-refractivity contribution in [3.63, 3.8) is 0 Å². The van der Waals surface area contributed by atoms with Crippen molar-refractivity contribution in [1.29, 1.82) is 5.26 Å². The Balaban J connectivity index is 1.39. The second kappa shape index (κ2) is 11.0. The molecule has 0 atom stereocenters. The number of nitrogens with zero attached hydrogens (tertiary/aromatic N) is 9. The maximum atomic E-state index is 15.6. The van der Waals surface area contributed by atoms with E-state index < -0.39 is 53.0 Å². The molecular formula is C32H22F5N9O2. The molecule has 11 nitrogen and oxygen atoms in total. The van der Waals surface area contributed by atoms with Gasteiger partial charge in [-0.15, -0.1) is 0 Å². The number of alkyl halides is 3. The summed E-state index contributed by atoms with van der Waals surface area (Å²) in [4.78, 5) is 33.9. The first-order valence-electron chi connectivity index (χ1n) is 14.4. The monoisotopic (exact) mass is 659 g/mol. The first-order chi connectivity index (χ1) is 22.9. The Kier molecular flexibility index (Phi) is 7.00. The molecule has 0 saturated carbocycles. The lowest BCUT2D eigenvalue weighted by Crippen LogP contribution is -2.37. The molecule has 0 N–H and O–H groups in total. The predicted molar refractivity (Wildman–Crippen MR) is 163 cm³/mol. The zero-order valence-electron chi connectivity index (χ0n) is 25.1. The highest BCUT2D eigenvalue weighted by molar-refractivity contribution is 6.11. The Labute approximate surface area is 267 Å². The zero-order chi connectivity index (χ0) is 34.1. The van der Waals surface area contributed by atoms with Crippen molar-refractivity contribution in [3.8, 4) is 17.2 Å². The number of fused-ring (bicyclic) bond motifs is 4. The molecule has 1 aliphatic heterocycles. The van der Waals surface area contributed by atoms with Crippen LogP contribution in [0.2, 0.25) is 0 Å². The van der Waals surface area contributed by atoms with E-state index in [0.29, 0.717) is 38.2 Å². The Morgan fingerprint density at radius 2 is 1.77 bits per heavy atom. The number of imidazole rings is 1. The molecule has 0 radical (unpaired) electrons. The van der Waals surface area contributed by atoms with Gasteiger partial charge in [0.1, 0.15) is 17.7 Å². The summed E-state index contributed by atoms with van der Waals surface area (Å²) in [6, 6.07) is 7.63. The van der Waals surface area contributed by atoms with Crippen molar-refractivity contribution < 1.29 is 31.5 Å². The molecule has 0 unspecified atom stereocenters. The van der Waals surface area contributed by atoms with E-state index in [4.69, 9.17) is 0 Å². The largest absolute Gasteiger partial charge is 0.417 e. The van der Waals surface area contributed by atoms with Crippen molar-refractivity contribution in [2.24, 2.45) is 7.05 Å². The highest BCUT2D eigenvalue weighted by atomic mass is 19.4. The number of aromatic nitrogens is 6. The summed E-state index contributed by atoms with van der Waals surface area (Å²) in [6.45, 7) is -0.481. The third-order valence-electron chi connectivity index (χ3n) is 8.37. The fourth-order valence-electron chi connectivity index (χ4n) is 6.26. The number of anilines is 2. The number of nitriles is 1. The topological polar surface area (TPSA) is 117 Å². The molecule has 242 valence electrons. The summed E-state index contributed by atoms with van der Waals surface area (Å²) in [5.74, 6) is -3.44. The molecule has 7 rings (SSSR count). The van der Waals surface area contributed by atoms with Crippen LogP contribution in [0.4, 0.5) is 38.1 Å². The van der Waals surface area contributed by atoms with E-state index in [1.165, 1.54) is 46.0 Å². The second-order valence-electron chi connectivity index (χ2n) is 11.2. The fraction of sp³-hybridized carbons (Fsp3) is 0.188. The van der Waals surface area contributed by atoms with Gasteiger partial charge in [0, 0.05) is 43.5 Å². The quantitative estimate of drug-likeness (QED) is 0.137. The van der Waals surface area contributed by atoms with Crippen LogP contribution in [-0.4, -0.2) is 60.9 Å². The molecule has 1 aliphatic rings. The number of amides is 1. The number of ketones is 1. The van der Waals surface area contributed by atoms with Crippen LogP contribution in [0.15, 0.2) is 61.3 Å². The van der Waals surface area contributed by atoms with Crippen LogP contribution in [0.1, 0.15) is 27.2 Å².